The second-order valence-corrected chi connectivity index (χ2v) is 9.08. The summed E-state index contributed by atoms with van der Waals surface area (Å²) in [5.74, 6) is 1.43. The topological polar surface area (TPSA) is 87.9 Å². The Morgan fingerprint density at radius 3 is 2.50 bits per heavy atom. The number of hydrogen-bond acceptors (Lipinski definition) is 5. The Bertz CT molecular complexity index is 1310. The van der Waals surface area contributed by atoms with Crippen LogP contribution in [0.15, 0.2) is 86.9 Å². The number of amidine groups is 2. The van der Waals surface area contributed by atoms with Crippen molar-refractivity contribution in [1.29, 1.82) is 0 Å². The summed E-state index contributed by atoms with van der Waals surface area (Å²) in [7, 11) is 0. The van der Waals surface area contributed by atoms with Crippen LogP contribution in [0.25, 0.3) is 0 Å². The summed E-state index contributed by atoms with van der Waals surface area (Å²) < 4.78 is 12.1. The van der Waals surface area contributed by atoms with E-state index in [1.165, 1.54) is 35.3 Å². The van der Waals surface area contributed by atoms with Crippen LogP contribution in [0.3, 0.4) is 0 Å². The minimum absolute atomic E-state index is 0. The fourth-order valence-corrected chi connectivity index (χ4v) is 4.68. The lowest BCUT2D eigenvalue weighted by Crippen LogP contribution is -2.25. The Hall–Kier alpha value is -4.12. The van der Waals surface area contributed by atoms with Crippen LogP contribution in [0.4, 0.5) is 25.3 Å². The molecule has 1 aliphatic rings. The number of thioether (sulfide) groups is 1. The average molecular weight is 543 g/mol. The normalized spacial score (nSPS) is 14.7. The molecule has 1 aliphatic heterocycles. The molecule has 11 heteroatoms. The fourth-order valence-electron chi connectivity index (χ4n) is 3.78. The van der Waals surface area contributed by atoms with Crippen molar-refractivity contribution in [2.75, 3.05) is 17.2 Å². The van der Waals surface area contributed by atoms with Gasteiger partial charge in [-0.1, -0.05) is 61.2 Å². The van der Waals surface area contributed by atoms with Gasteiger partial charge in [0.1, 0.15) is 12.2 Å². The molecule has 3 aromatic carbocycles. The molecule has 1 heterocycles. The number of anilines is 1. The molecule has 7 nitrogen and oxygen atoms in total. The molecule has 200 valence electrons. The molecule has 3 aromatic rings. The van der Waals surface area contributed by atoms with Crippen LogP contribution in [0.2, 0.25) is 0 Å². The van der Waals surface area contributed by atoms with Gasteiger partial charge in [0.15, 0.2) is 10.9 Å². The van der Waals surface area contributed by atoms with Gasteiger partial charge < -0.3 is 10.6 Å². The predicted octanol–water partition coefficient (Wildman–Crippen LogP) is 6.13. The maximum atomic E-state index is 12.1. The van der Waals surface area contributed by atoms with Crippen LogP contribution in [0, 0.1) is 6.92 Å². The number of hydrogen-bond donors (Lipinski definition) is 1. The minimum atomic E-state index is 0. The molecule has 0 radical (unpaired) electrons. The van der Waals surface area contributed by atoms with Crippen molar-refractivity contribution in [1.82, 2.24) is 0 Å². The molecule has 1 fully saturated rings. The molecule has 0 aliphatic carbocycles. The standard InChI is InChI=1S/C27H27FN6OS.2FH/c1-3-21-6-4-5-19(2)25(21)34-15-16-36-27(34)33-32-17-20-7-9-22(10-8-20)26(29)31-18-30-23-11-13-24(35-28)14-12-23;;/h4-14,17-18H,3,15-16H2,1-2H3,(H2,29,30,31);2*1H/b32-17+,33-27-;;. The van der Waals surface area contributed by atoms with Crippen molar-refractivity contribution in [3.05, 3.63) is 89.0 Å². The Balaban J connectivity index is 0.00000253. The first-order chi connectivity index (χ1) is 17.6. The van der Waals surface area contributed by atoms with Crippen LogP contribution < -0.4 is 15.6 Å². The van der Waals surface area contributed by atoms with E-state index >= 15 is 0 Å². The third-order valence-electron chi connectivity index (χ3n) is 5.64. The molecule has 0 spiro atoms. The Kier molecular flexibility index (Phi) is 11.5. The third-order valence-corrected chi connectivity index (χ3v) is 6.58. The lowest BCUT2D eigenvalue weighted by molar-refractivity contribution is -0.00618. The first kappa shape index (κ1) is 30.1. The maximum Gasteiger partial charge on any atom is 0.190 e. The number of benzene rings is 3. The molecule has 0 unspecified atom stereocenters. The van der Waals surface area contributed by atoms with Crippen molar-refractivity contribution in [3.8, 4) is 5.75 Å². The zero-order valence-corrected chi connectivity index (χ0v) is 21.8. The van der Waals surface area contributed by atoms with Crippen molar-refractivity contribution < 1.29 is 18.9 Å². The van der Waals surface area contributed by atoms with E-state index < -0.39 is 0 Å². The molecule has 0 atom stereocenters. The molecule has 0 bridgehead atoms. The molecule has 0 amide bonds. The van der Waals surface area contributed by atoms with Crippen molar-refractivity contribution >= 4 is 46.7 Å². The number of rotatable bonds is 8. The van der Waals surface area contributed by atoms with Gasteiger partial charge in [-0.05, 0) is 54.3 Å². The van der Waals surface area contributed by atoms with Crippen LogP contribution >= 0.6 is 11.8 Å². The summed E-state index contributed by atoms with van der Waals surface area (Å²) >= 11 is 1.72. The van der Waals surface area contributed by atoms with Crippen LogP contribution in [0.5, 0.6) is 5.75 Å². The number of nitrogens with zero attached hydrogens (tertiary/aromatic N) is 5. The van der Waals surface area contributed by atoms with Crippen LogP contribution in [-0.4, -0.2) is 35.9 Å². The van der Waals surface area contributed by atoms with Crippen LogP contribution in [0.1, 0.15) is 29.2 Å². The summed E-state index contributed by atoms with van der Waals surface area (Å²) in [5.41, 5.74) is 12.1. The van der Waals surface area contributed by atoms with Gasteiger partial charge in [-0.3, -0.25) is 14.4 Å². The highest BCUT2D eigenvalue weighted by Gasteiger charge is 2.24. The number of aliphatic imine (C=N–C) groups is 2. The largest absolute Gasteiger partial charge is 0.383 e. The molecule has 0 aromatic heterocycles. The van der Waals surface area contributed by atoms with E-state index in [9.17, 15) is 4.53 Å². The SMILES string of the molecule is CCc1cccc(C)c1N1CCS/C1=N\N=C\c1ccc(C(N)=NC=Nc2ccc(OF)cc2)cc1.F.F. The third kappa shape index (κ3) is 7.45. The molecule has 1 saturated heterocycles. The summed E-state index contributed by atoms with van der Waals surface area (Å²) in [6, 6.07) is 20.1. The highest BCUT2D eigenvalue weighted by molar-refractivity contribution is 8.14. The van der Waals surface area contributed by atoms with Gasteiger partial charge in [-0.25, -0.2) is 9.98 Å². The second-order valence-electron chi connectivity index (χ2n) is 8.02. The smallest absolute Gasteiger partial charge is 0.190 e. The van der Waals surface area contributed by atoms with E-state index in [1.54, 1.807) is 30.1 Å². The second kappa shape index (κ2) is 14.6. The van der Waals surface area contributed by atoms with Crippen molar-refractivity contribution in [2.45, 2.75) is 20.3 Å². The van der Waals surface area contributed by atoms with E-state index in [1.807, 2.05) is 24.3 Å². The number of para-hydroxylation sites is 1. The molecule has 4 rings (SSSR count). The monoisotopic (exact) mass is 542 g/mol. The summed E-state index contributed by atoms with van der Waals surface area (Å²) in [6.07, 6.45) is 4.06. The fraction of sp³-hybridized carbons (Fsp3) is 0.185. The maximum absolute atomic E-state index is 12.1. The first-order valence-corrected chi connectivity index (χ1v) is 12.5. The van der Waals surface area contributed by atoms with E-state index in [0.29, 0.717) is 11.5 Å². The molecule has 2 N–H and O–H groups in total. The minimum Gasteiger partial charge on any atom is -0.383 e. The van der Waals surface area contributed by atoms with Crippen LogP contribution in [-0.2, 0) is 6.42 Å². The average Bonchev–Trinajstić information content (AvgIpc) is 3.37. The van der Waals surface area contributed by atoms with Gasteiger partial charge in [0, 0.05) is 28.1 Å². The number of nitrogens with two attached hydrogens (primary N) is 1. The lowest BCUT2D eigenvalue weighted by atomic mass is 10.0. The van der Waals surface area contributed by atoms with Gasteiger partial charge in [0.2, 0.25) is 0 Å². The predicted molar refractivity (Wildman–Crippen MR) is 154 cm³/mol. The summed E-state index contributed by atoms with van der Waals surface area (Å²) in [6.45, 7) is 5.24. The highest BCUT2D eigenvalue weighted by Crippen LogP contribution is 2.32. The Labute approximate surface area is 223 Å². The molecular formula is C27H29F3N6OS. The van der Waals surface area contributed by atoms with Crippen molar-refractivity contribution in [3.63, 3.8) is 0 Å². The molecular weight excluding hydrogens is 513 g/mol. The van der Waals surface area contributed by atoms with Gasteiger partial charge in [-0.15, -0.1) is 5.10 Å². The van der Waals surface area contributed by atoms with E-state index in [-0.39, 0.29) is 15.2 Å². The van der Waals surface area contributed by atoms with Gasteiger partial charge in [-0.2, -0.15) is 5.10 Å². The lowest BCUT2D eigenvalue weighted by Gasteiger charge is -2.22. The summed E-state index contributed by atoms with van der Waals surface area (Å²) in [5, 5.41) is 9.76. The highest BCUT2D eigenvalue weighted by atomic mass is 32.2. The number of halogens is 3. The zero-order chi connectivity index (χ0) is 25.3. The van der Waals surface area contributed by atoms with Gasteiger partial charge in [0.25, 0.3) is 0 Å². The van der Waals surface area contributed by atoms with Gasteiger partial charge >= 0.3 is 0 Å². The quantitative estimate of drug-likeness (QED) is 0.211. The van der Waals surface area contributed by atoms with E-state index in [0.717, 1.165) is 35.0 Å². The first-order valence-electron chi connectivity index (χ1n) is 11.5. The van der Waals surface area contributed by atoms with Crippen molar-refractivity contribution in [2.24, 2.45) is 25.9 Å². The molecule has 38 heavy (non-hydrogen) atoms. The zero-order valence-electron chi connectivity index (χ0n) is 21.0. The van der Waals surface area contributed by atoms with Gasteiger partial charge in [0.05, 0.1) is 11.9 Å². The number of aryl methyl sites for hydroxylation is 2. The van der Waals surface area contributed by atoms with E-state index in [2.05, 4.69) is 62.1 Å². The Morgan fingerprint density at radius 1 is 1.08 bits per heavy atom. The molecule has 0 saturated carbocycles. The Morgan fingerprint density at radius 2 is 1.82 bits per heavy atom. The van der Waals surface area contributed by atoms with E-state index in [4.69, 9.17) is 5.73 Å². The summed E-state index contributed by atoms with van der Waals surface area (Å²) in [4.78, 5) is 14.3.